The molecule has 0 aliphatic carbocycles. The van der Waals surface area contributed by atoms with Crippen molar-refractivity contribution in [2.45, 2.75) is 6.92 Å². The van der Waals surface area contributed by atoms with E-state index in [9.17, 15) is 14.9 Å². The first kappa shape index (κ1) is 13.9. The van der Waals surface area contributed by atoms with Gasteiger partial charge in [-0.3, -0.25) is 20.2 Å². The largest absolute Gasteiger partial charge is 0.290 e. The Morgan fingerprint density at radius 1 is 1.40 bits per heavy atom. The number of rotatable bonds is 3. The molecular weight excluding hydrogens is 284 g/mol. The zero-order valence-electron chi connectivity index (χ0n) is 10.3. The number of aryl methyl sites for hydroxylation is 1. The third kappa shape index (κ3) is 3.07. The van der Waals surface area contributed by atoms with Crippen LogP contribution < -0.4 is 5.32 Å². The Morgan fingerprint density at radius 3 is 2.80 bits per heavy atom. The van der Waals surface area contributed by atoms with Crippen LogP contribution in [0.2, 0.25) is 5.02 Å². The van der Waals surface area contributed by atoms with Crippen LogP contribution in [0, 0.1) is 17.0 Å². The third-order valence-electron chi connectivity index (χ3n) is 2.43. The summed E-state index contributed by atoms with van der Waals surface area (Å²) in [6.07, 6.45) is 1.50. The molecule has 2 rings (SSSR count). The molecule has 1 aromatic heterocycles. The van der Waals surface area contributed by atoms with E-state index in [1.807, 2.05) is 0 Å². The van der Waals surface area contributed by atoms with Gasteiger partial charge < -0.3 is 0 Å². The number of nitro groups is 1. The first-order valence-electron chi connectivity index (χ1n) is 5.52. The van der Waals surface area contributed by atoms with Crippen molar-refractivity contribution in [2.24, 2.45) is 0 Å². The number of aromatic nitrogens is 2. The molecule has 2 aromatic rings. The number of benzene rings is 1. The molecule has 0 fully saturated rings. The second kappa shape index (κ2) is 5.62. The van der Waals surface area contributed by atoms with Gasteiger partial charge in [-0.05, 0) is 25.1 Å². The van der Waals surface area contributed by atoms with Crippen LogP contribution in [0.15, 0.2) is 30.5 Å². The SMILES string of the molecule is Cc1ccnc(NC(=O)c2ccc(Cl)c([N+](=O)[O-])c2)n1. The van der Waals surface area contributed by atoms with Crippen molar-refractivity contribution in [1.82, 2.24) is 9.97 Å². The maximum Gasteiger partial charge on any atom is 0.288 e. The standard InChI is InChI=1S/C12H9ClN4O3/c1-7-4-5-14-12(15-7)16-11(18)8-2-3-9(13)10(6-8)17(19)20/h2-6H,1H3,(H,14,15,16,18). The summed E-state index contributed by atoms with van der Waals surface area (Å²) < 4.78 is 0. The van der Waals surface area contributed by atoms with Crippen LogP contribution in [0.25, 0.3) is 0 Å². The van der Waals surface area contributed by atoms with Crippen LogP contribution in [-0.2, 0) is 0 Å². The van der Waals surface area contributed by atoms with Crippen LogP contribution in [0.5, 0.6) is 0 Å². The van der Waals surface area contributed by atoms with Gasteiger partial charge in [-0.15, -0.1) is 0 Å². The van der Waals surface area contributed by atoms with Gasteiger partial charge in [-0.2, -0.15) is 0 Å². The van der Waals surface area contributed by atoms with E-state index >= 15 is 0 Å². The Bertz CT molecular complexity index is 690. The molecular formula is C12H9ClN4O3. The minimum atomic E-state index is -0.651. The topological polar surface area (TPSA) is 98.0 Å². The lowest BCUT2D eigenvalue weighted by molar-refractivity contribution is -0.384. The van der Waals surface area contributed by atoms with E-state index < -0.39 is 10.8 Å². The zero-order valence-corrected chi connectivity index (χ0v) is 11.1. The summed E-state index contributed by atoms with van der Waals surface area (Å²) in [7, 11) is 0. The van der Waals surface area contributed by atoms with E-state index in [2.05, 4.69) is 15.3 Å². The summed E-state index contributed by atoms with van der Waals surface area (Å²) in [5, 5.41) is 13.2. The molecule has 0 saturated carbocycles. The second-order valence-electron chi connectivity index (χ2n) is 3.90. The van der Waals surface area contributed by atoms with Crippen LogP contribution in [0.3, 0.4) is 0 Å². The van der Waals surface area contributed by atoms with E-state index in [-0.39, 0.29) is 22.2 Å². The zero-order chi connectivity index (χ0) is 14.7. The molecule has 0 radical (unpaired) electrons. The number of anilines is 1. The van der Waals surface area contributed by atoms with Crippen molar-refractivity contribution < 1.29 is 9.72 Å². The smallest absolute Gasteiger partial charge is 0.288 e. The molecule has 1 amide bonds. The molecule has 1 N–H and O–H groups in total. The van der Waals surface area contributed by atoms with Gasteiger partial charge in [0.15, 0.2) is 0 Å². The van der Waals surface area contributed by atoms with Gasteiger partial charge >= 0.3 is 0 Å². The highest BCUT2D eigenvalue weighted by molar-refractivity contribution is 6.32. The number of halogens is 1. The number of nitrogens with zero attached hydrogens (tertiary/aromatic N) is 3. The maximum absolute atomic E-state index is 12.0. The molecule has 0 aliphatic heterocycles. The fourth-order valence-corrected chi connectivity index (χ4v) is 1.66. The molecule has 0 aliphatic rings. The van der Waals surface area contributed by atoms with Crippen molar-refractivity contribution in [3.8, 4) is 0 Å². The van der Waals surface area contributed by atoms with Crippen molar-refractivity contribution >= 4 is 29.1 Å². The molecule has 8 heteroatoms. The van der Waals surface area contributed by atoms with Crippen molar-refractivity contribution in [3.05, 3.63) is 56.9 Å². The molecule has 0 atom stereocenters. The molecule has 20 heavy (non-hydrogen) atoms. The van der Waals surface area contributed by atoms with Gasteiger partial charge in [0.25, 0.3) is 11.6 Å². The maximum atomic E-state index is 12.0. The first-order valence-corrected chi connectivity index (χ1v) is 5.90. The highest BCUT2D eigenvalue weighted by atomic mass is 35.5. The highest BCUT2D eigenvalue weighted by Gasteiger charge is 2.16. The van der Waals surface area contributed by atoms with E-state index in [0.717, 1.165) is 6.07 Å². The number of nitro benzene ring substituents is 1. The number of hydrogen-bond donors (Lipinski definition) is 1. The van der Waals surface area contributed by atoms with E-state index in [4.69, 9.17) is 11.6 Å². The normalized spacial score (nSPS) is 10.1. The van der Waals surface area contributed by atoms with Gasteiger partial charge in [-0.25, -0.2) is 9.97 Å². The number of nitrogens with one attached hydrogen (secondary N) is 1. The van der Waals surface area contributed by atoms with E-state index in [1.54, 1.807) is 13.0 Å². The van der Waals surface area contributed by atoms with Gasteiger partial charge in [0, 0.05) is 23.5 Å². The Hall–Kier alpha value is -2.54. The molecule has 1 aromatic carbocycles. The summed E-state index contributed by atoms with van der Waals surface area (Å²) in [5.74, 6) is -0.414. The lowest BCUT2D eigenvalue weighted by Gasteiger charge is -2.04. The van der Waals surface area contributed by atoms with E-state index in [1.165, 1.54) is 18.3 Å². The molecule has 0 unspecified atom stereocenters. The number of carbonyl (C=O) groups is 1. The molecule has 0 bridgehead atoms. The average Bonchev–Trinajstić information content (AvgIpc) is 2.38. The third-order valence-corrected chi connectivity index (χ3v) is 2.74. The lowest BCUT2D eigenvalue weighted by atomic mass is 10.2. The minimum Gasteiger partial charge on any atom is -0.290 e. The number of carbonyl (C=O) groups excluding carboxylic acids is 1. The summed E-state index contributed by atoms with van der Waals surface area (Å²) in [6, 6.07) is 5.47. The van der Waals surface area contributed by atoms with Crippen molar-refractivity contribution in [2.75, 3.05) is 5.32 Å². The quantitative estimate of drug-likeness (QED) is 0.692. The molecule has 102 valence electrons. The second-order valence-corrected chi connectivity index (χ2v) is 4.31. The number of amides is 1. The molecule has 0 saturated heterocycles. The van der Waals surface area contributed by atoms with Gasteiger partial charge in [0.05, 0.1) is 4.92 Å². The summed E-state index contributed by atoms with van der Waals surface area (Å²) in [6.45, 7) is 1.75. The Balaban J connectivity index is 2.26. The summed E-state index contributed by atoms with van der Waals surface area (Å²) >= 11 is 5.68. The Labute approximate surface area is 118 Å². The molecule has 0 spiro atoms. The predicted octanol–water partition coefficient (Wildman–Crippen LogP) is 2.60. The van der Waals surface area contributed by atoms with Gasteiger partial charge in [-0.1, -0.05) is 11.6 Å². The van der Waals surface area contributed by atoms with E-state index in [0.29, 0.717) is 5.69 Å². The monoisotopic (exact) mass is 292 g/mol. The van der Waals surface area contributed by atoms with Crippen LogP contribution >= 0.6 is 11.6 Å². The first-order chi connectivity index (χ1) is 9.47. The molecule has 1 heterocycles. The van der Waals surface area contributed by atoms with Crippen molar-refractivity contribution in [1.29, 1.82) is 0 Å². The van der Waals surface area contributed by atoms with Crippen LogP contribution in [0.4, 0.5) is 11.6 Å². The molecule has 7 nitrogen and oxygen atoms in total. The number of hydrogen-bond acceptors (Lipinski definition) is 5. The Kier molecular flexibility index (Phi) is 3.90. The fraction of sp³-hybridized carbons (Fsp3) is 0.0833. The summed E-state index contributed by atoms with van der Waals surface area (Å²) in [5.41, 5.74) is 0.466. The lowest BCUT2D eigenvalue weighted by Crippen LogP contribution is -2.14. The summed E-state index contributed by atoms with van der Waals surface area (Å²) in [4.78, 5) is 30.0. The average molecular weight is 293 g/mol. The minimum absolute atomic E-state index is 0.0293. The van der Waals surface area contributed by atoms with Gasteiger partial charge in [0.2, 0.25) is 5.95 Å². The van der Waals surface area contributed by atoms with Gasteiger partial charge in [0.1, 0.15) is 5.02 Å². The van der Waals surface area contributed by atoms with Crippen molar-refractivity contribution in [3.63, 3.8) is 0 Å². The van der Waals surface area contributed by atoms with Crippen LogP contribution in [0.1, 0.15) is 16.1 Å². The van der Waals surface area contributed by atoms with Crippen LogP contribution in [-0.4, -0.2) is 20.8 Å². The highest BCUT2D eigenvalue weighted by Crippen LogP contribution is 2.25. The fourth-order valence-electron chi connectivity index (χ4n) is 1.48. The Morgan fingerprint density at radius 2 is 2.15 bits per heavy atom. The predicted molar refractivity (Wildman–Crippen MR) is 72.8 cm³/mol.